The average molecular weight is 2200 g/mol. The number of hydrogen-bond acceptors (Lipinski definition) is 4. The third-order valence-corrected chi connectivity index (χ3v) is 20.2. The molecule has 4 unspecified atom stereocenters. The summed E-state index contributed by atoms with van der Waals surface area (Å²) in [5.41, 5.74) is 18.4. The van der Waals surface area contributed by atoms with Gasteiger partial charge in [0.1, 0.15) is 0 Å². The maximum atomic E-state index is 4.10. The van der Waals surface area contributed by atoms with Gasteiger partial charge < -0.3 is 59.4 Å². The fourth-order valence-corrected chi connectivity index (χ4v) is 8.63. The van der Waals surface area contributed by atoms with E-state index in [0.717, 1.165) is 18.8 Å². The van der Waals surface area contributed by atoms with Gasteiger partial charge in [-0.2, -0.15) is 0 Å². The zero-order valence-electron chi connectivity index (χ0n) is 82.3. The minimum absolute atomic E-state index is 0. The van der Waals surface area contributed by atoms with E-state index in [1.165, 1.54) is 118 Å². The van der Waals surface area contributed by atoms with Crippen molar-refractivity contribution in [1.82, 2.24) is 19.9 Å². The molecule has 4 aromatic heterocycles. The van der Waals surface area contributed by atoms with Crippen LogP contribution in [0.3, 0.4) is 0 Å². The number of hydrogen-bond donors (Lipinski definition) is 0. The number of pyridine rings is 4. The van der Waals surface area contributed by atoms with Crippen molar-refractivity contribution in [3.8, 4) is 0 Å². The molecule has 8 radical (unpaired) electrons. The monoisotopic (exact) mass is 2190 g/mol. The molecule has 0 aliphatic carbocycles. The Morgan fingerprint density at radius 3 is 0.836 bits per heavy atom. The molecule has 116 heavy (non-hydrogen) atoms. The van der Waals surface area contributed by atoms with E-state index < -0.39 is 0 Å². The molecule has 646 valence electrons. The normalized spacial score (nSPS) is 10.3. The van der Waals surface area contributed by atoms with Crippen LogP contribution >= 0.6 is 0 Å². The molecule has 0 N–H and O–H groups in total. The predicted molar refractivity (Wildman–Crippen MR) is 503 cm³/mol. The third-order valence-electron chi connectivity index (χ3n) is 20.2. The van der Waals surface area contributed by atoms with E-state index in [4.69, 9.17) is 0 Å². The first-order valence-corrected chi connectivity index (χ1v) is 38.3. The van der Waals surface area contributed by atoms with Crippen molar-refractivity contribution in [2.45, 2.75) is 332 Å². The van der Waals surface area contributed by atoms with Crippen LogP contribution in [0.25, 0.3) is 0 Å². The van der Waals surface area contributed by atoms with Crippen LogP contribution in [0.4, 0.5) is 0 Å². The smallest absolute Gasteiger partial charge is 0.0305 e. The first-order valence-electron chi connectivity index (χ1n) is 38.3. The predicted octanol–water partition coefficient (Wildman–Crippen LogP) is 33.8. The Morgan fingerprint density at radius 1 is 0.250 bits per heavy atom. The largest absolute Gasteiger partial charge is 0.358 e. The van der Waals surface area contributed by atoms with Crippen molar-refractivity contribution in [3.05, 3.63) is 321 Å². The fourth-order valence-electron chi connectivity index (χ4n) is 8.63. The van der Waals surface area contributed by atoms with E-state index >= 15 is 0 Å². The standard InChI is InChI=1S/2C12H18.2C11H16.2C10H15N.2C9H13N.C6H14.C5H12.CH4.8CH3.8Y/c1-5-12(3,4)11-8-6-10(2)7-9-11;1-5-12(3,4)11-8-6-7-10(2)9-11;1-4-10(3)11-7-5-9(2)6-8-11;1-4-10(3)11-7-5-6-9(2)8-11;1-4-10(2,3)9-5-7-11-8-6-9;1-4-10(2,3)9-6-5-7-11-8-9;1-3-8(2)9-4-6-10-7-5-9;1-3-8(2)9-5-4-6-10-7-9;1-5-6(2,3)4;1-4-5(2)3;;;;;;;;;;;;;;;;;/h2*6-9H,5H2,1-4H3;2*5-8,10H,4H2,1-3H3;2*5-8H,4H2,1-3H3;2*4-8H,3H2,1-2H3;5H2,1-4H3;5H,4H2,1-3H3;1H4;8*1H3;;;;;;;;/q;;;;;;;;;;;8*-1;;;;;;;;. The van der Waals surface area contributed by atoms with Crippen molar-refractivity contribution < 1.29 is 262 Å². The van der Waals surface area contributed by atoms with Crippen LogP contribution in [-0.2, 0) is 283 Å². The van der Waals surface area contributed by atoms with Crippen LogP contribution < -0.4 is 0 Å². The van der Waals surface area contributed by atoms with Crippen LogP contribution in [-0.4, -0.2) is 19.9 Å². The number of aromatic nitrogens is 4. The molecule has 4 atom stereocenters. The van der Waals surface area contributed by atoms with Gasteiger partial charge in [0.2, 0.25) is 0 Å². The summed E-state index contributed by atoms with van der Waals surface area (Å²) < 4.78 is 0. The van der Waals surface area contributed by atoms with Gasteiger partial charge in [0.15, 0.2) is 0 Å². The summed E-state index contributed by atoms with van der Waals surface area (Å²) in [6.45, 7) is 69.0. The van der Waals surface area contributed by atoms with Gasteiger partial charge in [-0.15, -0.1) is 0 Å². The van der Waals surface area contributed by atoms with Crippen molar-refractivity contribution in [2.24, 2.45) is 11.3 Å². The van der Waals surface area contributed by atoms with Gasteiger partial charge in [-0.25, -0.2) is 0 Å². The Morgan fingerprint density at radius 2 is 0.526 bits per heavy atom. The maximum Gasteiger partial charge on any atom is 0.0305 e. The third kappa shape index (κ3) is 79.7. The molecular weight excluding hydrogens is 2020 g/mol. The van der Waals surface area contributed by atoms with E-state index in [2.05, 4.69) is 368 Å². The molecule has 4 heterocycles. The average Bonchev–Trinajstić information content (AvgIpc) is 0.796. The first-order chi connectivity index (χ1) is 46.4. The van der Waals surface area contributed by atoms with E-state index in [-0.39, 0.29) is 334 Å². The Balaban J connectivity index is -0.0000000525. The van der Waals surface area contributed by atoms with Crippen LogP contribution in [0.15, 0.2) is 195 Å². The Hall–Kier alpha value is 2.31. The summed E-state index contributed by atoms with van der Waals surface area (Å²) in [5, 5.41) is 0. The summed E-state index contributed by atoms with van der Waals surface area (Å²) in [5.74, 6) is 3.61. The molecular formula is C104H178N4Y8-8. The van der Waals surface area contributed by atoms with Crippen molar-refractivity contribution in [2.75, 3.05) is 0 Å². The van der Waals surface area contributed by atoms with Gasteiger partial charge in [-0.1, -0.05) is 339 Å². The SMILES string of the molecule is C.CCC(C)(C)C.CCC(C)(C)c1ccc(C)cc1.CCC(C)(C)c1cccc(C)c1.CCC(C)(C)c1cccnc1.CCC(C)(C)c1ccncc1.CCC(C)C.CCC(C)c1ccc(C)cc1.CCC(C)c1cccc(C)c1.CCC(C)c1cccnc1.CCC(C)c1ccncc1.[CH3-].[CH3-].[CH3-].[CH3-].[CH3-].[CH3-].[CH3-].[CH3-].[Y].[Y].[Y].[Y].[Y].[Y].[Y].[Y]. The molecule has 0 spiro atoms. The molecule has 4 nitrogen and oxygen atoms in total. The Labute approximate surface area is 931 Å². The number of benzene rings is 4. The molecule has 0 saturated carbocycles. The summed E-state index contributed by atoms with van der Waals surface area (Å²) in [4.78, 5) is 16.1. The fraction of sp³-hybridized carbons (Fsp3) is 0.500. The number of rotatable bonds is 17. The van der Waals surface area contributed by atoms with Crippen molar-refractivity contribution in [3.63, 3.8) is 0 Å². The summed E-state index contributed by atoms with van der Waals surface area (Å²) in [6.07, 6.45) is 27.0. The van der Waals surface area contributed by atoms with E-state index in [1.807, 2.05) is 61.7 Å². The maximum absolute atomic E-state index is 4.10. The molecule has 8 rings (SSSR count). The molecule has 0 fully saturated rings. The van der Waals surface area contributed by atoms with E-state index in [1.54, 1.807) is 0 Å². The molecule has 4 aromatic carbocycles. The molecule has 0 aliphatic rings. The minimum atomic E-state index is 0. The molecule has 8 aromatic rings. The number of nitrogens with zero attached hydrogens (tertiary/aromatic N) is 4. The van der Waals surface area contributed by atoms with Crippen molar-refractivity contribution in [1.29, 1.82) is 0 Å². The minimum Gasteiger partial charge on any atom is -0.358 e. The van der Waals surface area contributed by atoms with Crippen LogP contribution in [0.2, 0.25) is 0 Å². The van der Waals surface area contributed by atoms with E-state index in [0.29, 0.717) is 45.3 Å². The van der Waals surface area contributed by atoms with E-state index in [9.17, 15) is 0 Å². The van der Waals surface area contributed by atoms with Crippen molar-refractivity contribution >= 4 is 0 Å². The summed E-state index contributed by atoms with van der Waals surface area (Å²) in [6, 6.07) is 51.8. The summed E-state index contributed by atoms with van der Waals surface area (Å²) in [7, 11) is 0. The van der Waals surface area contributed by atoms with Gasteiger partial charge in [0.05, 0.1) is 0 Å². The Kier molecular flexibility index (Phi) is 135. The first kappa shape index (κ1) is 165. The quantitative estimate of drug-likeness (QED) is 0.0853. The second-order valence-electron chi connectivity index (χ2n) is 31.5. The van der Waals surface area contributed by atoms with Gasteiger partial charge >= 0.3 is 0 Å². The second kappa shape index (κ2) is 94.9. The topological polar surface area (TPSA) is 51.6 Å². The molecule has 0 amide bonds. The zero-order valence-corrected chi connectivity index (χ0v) is 105. The van der Waals surface area contributed by atoms with Gasteiger partial charge in [-0.3, -0.25) is 19.9 Å². The van der Waals surface area contributed by atoms with Crippen LogP contribution in [0.1, 0.15) is 349 Å². The summed E-state index contributed by atoms with van der Waals surface area (Å²) >= 11 is 0. The molecule has 12 heteroatoms. The van der Waals surface area contributed by atoms with Crippen LogP contribution in [0.5, 0.6) is 0 Å². The van der Waals surface area contributed by atoms with Crippen LogP contribution in [0, 0.1) is 98.4 Å². The number of aryl methyl sites for hydroxylation is 4. The zero-order chi connectivity index (χ0) is 75.8. The van der Waals surface area contributed by atoms with Gasteiger partial charge in [0, 0.05) is 311 Å². The van der Waals surface area contributed by atoms with Gasteiger partial charge in [0.25, 0.3) is 0 Å². The molecule has 0 saturated heterocycles. The molecule has 0 bridgehead atoms. The molecule has 0 aliphatic heterocycles. The second-order valence-corrected chi connectivity index (χ2v) is 31.5. The Bertz CT molecular complexity index is 3100. The van der Waals surface area contributed by atoms with Gasteiger partial charge in [-0.05, 0) is 217 Å².